The Balaban J connectivity index is 1.52. The molecule has 0 radical (unpaired) electrons. The minimum absolute atomic E-state index is 0.0943. The Hall–Kier alpha value is -4.15. The molecule has 3 aromatic heterocycles. The Kier molecular flexibility index (Phi) is 6.98. The number of pyridine rings is 1. The molecule has 7 rings (SSSR count). The van der Waals surface area contributed by atoms with E-state index in [9.17, 15) is 4.39 Å². The van der Waals surface area contributed by atoms with Crippen molar-refractivity contribution in [2.24, 2.45) is 7.05 Å². The third-order valence-electron chi connectivity index (χ3n) is 8.56. The van der Waals surface area contributed by atoms with E-state index in [1.807, 2.05) is 24.0 Å². The zero-order valence-corrected chi connectivity index (χ0v) is 24.7. The fraction of sp³-hybridized carbons (Fsp3) is 0.364. The van der Waals surface area contributed by atoms with E-state index in [0.29, 0.717) is 17.0 Å². The lowest BCUT2D eigenvalue weighted by Gasteiger charge is -2.27. The number of aromatic nitrogens is 5. The van der Waals surface area contributed by atoms with Crippen LogP contribution in [0.25, 0.3) is 44.7 Å². The van der Waals surface area contributed by atoms with Crippen LogP contribution in [-0.4, -0.2) is 51.4 Å². The second kappa shape index (κ2) is 10.8. The maximum Gasteiger partial charge on any atom is 0.137 e. The second-order valence-corrected chi connectivity index (χ2v) is 11.6. The Morgan fingerprint density at radius 2 is 1.81 bits per heavy atom. The molecule has 5 aromatic rings. The fourth-order valence-corrected chi connectivity index (χ4v) is 6.52. The minimum atomic E-state index is -0.703. The van der Waals surface area contributed by atoms with Gasteiger partial charge in [0, 0.05) is 61.6 Å². The van der Waals surface area contributed by atoms with Gasteiger partial charge in [-0.05, 0) is 56.4 Å². The third-order valence-corrected chi connectivity index (χ3v) is 8.56. The molecule has 1 N–H and O–H groups in total. The van der Waals surface area contributed by atoms with Gasteiger partial charge in [0.2, 0.25) is 0 Å². The number of halogens is 2. The summed E-state index contributed by atoms with van der Waals surface area (Å²) in [5.74, 6) is -1.27. The molecule has 0 amide bonds. The molecule has 10 heteroatoms. The first-order valence-electron chi connectivity index (χ1n) is 14.8. The van der Waals surface area contributed by atoms with Crippen LogP contribution in [0.2, 0.25) is 0 Å². The highest BCUT2D eigenvalue weighted by atomic mass is 19.1. The summed E-state index contributed by atoms with van der Waals surface area (Å²) in [6.45, 7) is 5.45. The zero-order valence-electron chi connectivity index (χ0n) is 24.7. The molecule has 0 spiro atoms. The monoisotopic (exact) mass is 584 g/mol. The van der Waals surface area contributed by atoms with Gasteiger partial charge in [0.05, 0.1) is 40.8 Å². The van der Waals surface area contributed by atoms with Gasteiger partial charge in [0.1, 0.15) is 29.7 Å². The number of benzene rings is 2. The van der Waals surface area contributed by atoms with Crippen LogP contribution in [0.5, 0.6) is 5.75 Å². The molecular formula is C33H34F2N6O2. The van der Waals surface area contributed by atoms with Crippen LogP contribution in [0.1, 0.15) is 49.2 Å². The van der Waals surface area contributed by atoms with Gasteiger partial charge in [-0.2, -0.15) is 10.2 Å². The number of rotatable bonds is 7. The first-order valence-corrected chi connectivity index (χ1v) is 14.8. The largest absolute Gasteiger partial charge is 0.490 e. The summed E-state index contributed by atoms with van der Waals surface area (Å²) in [7, 11) is 3.47. The van der Waals surface area contributed by atoms with Crippen LogP contribution in [0.4, 0.5) is 8.78 Å². The van der Waals surface area contributed by atoms with Gasteiger partial charge in [-0.3, -0.25) is 9.36 Å². The number of aryl methyl sites for hydroxylation is 1. The van der Waals surface area contributed by atoms with Gasteiger partial charge in [-0.25, -0.2) is 13.8 Å². The fourth-order valence-electron chi connectivity index (χ4n) is 6.52. The first-order chi connectivity index (χ1) is 20.8. The Morgan fingerprint density at radius 1 is 0.977 bits per heavy atom. The van der Waals surface area contributed by atoms with Crippen LogP contribution in [-0.2, 0) is 24.6 Å². The van der Waals surface area contributed by atoms with Crippen LogP contribution < -0.4 is 10.1 Å². The molecule has 2 aromatic carbocycles. The van der Waals surface area contributed by atoms with E-state index in [-0.39, 0.29) is 36.6 Å². The van der Waals surface area contributed by atoms with E-state index < -0.39 is 11.6 Å². The molecule has 2 aliphatic rings. The first kappa shape index (κ1) is 27.7. The predicted molar refractivity (Wildman–Crippen MR) is 161 cm³/mol. The maximum absolute atomic E-state index is 16.0. The Bertz CT molecular complexity index is 1830. The van der Waals surface area contributed by atoms with Crippen molar-refractivity contribution in [2.45, 2.75) is 45.2 Å². The van der Waals surface area contributed by atoms with E-state index in [1.165, 1.54) is 6.07 Å². The predicted octanol–water partition coefficient (Wildman–Crippen LogP) is 6.18. The molecule has 0 saturated heterocycles. The molecule has 1 aliphatic heterocycles. The molecule has 0 bridgehead atoms. The van der Waals surface area contributed by atoms with Crippen LogP contribution >= 0.6 is 0 Å². The topological polar surface area (TPSA) is 79.0 Å². The molecule has 8 nitrogen and oxygen atoms in total. The second-order valence-electron chi connectivity index (χ2n) is 11.6. The summed E-state index contributed by atoms with van der Waals surface area (Å²) < 4.78 is 45.5. The molecule has 4 heterocycles. The van der Waals surface area contributed by atoms with Crippen molar-refractivity contribution in [2.75, 3.05) is 26.9 Å². The summed E-state index contributed by atoms with van der Waals surface area (Å²) in [6.07, 6.45) is 4.41. The normalized spacial score (nSPS) is 17.8. The van der Waals surface area contributed by atoms with Crippen molar-refractivity contribution in [3.8, 4) is 39.5 Å². The van der Waals surface area contributed by atoms with Gasteiger partial charge in [0.25, 0.3) is 0 Å². The maximum atomic E-state index is 16.0. The smallest absolute Gasteiger partial charge is 0.137 e. The number of nitrogens with one attached hydrogen (secondary N) is 1. The average molecular weight is 585 g/mol. The highest BCUT2D eigenvalue weighted by Gasteiger charge is 2.32. The quantitative estimate of drug-likeness (QED) is 0.230. The highest BCUT2D eigenvalue weighted by molar-refractivity contribution is 5.91. The van der Waals surface area contributed by atoms with Gasteiger partial charge in [-0.1, -0.05) is 12.1 Å². The number of nitrogens with zero attached hydrogens (tertiary/aromatic N) is 5. The van der Waals surface area contributed by atoms with Gasteiger partial charge in [-0.15, -0.1) is 0 Å². The molecule has 2 atom stereocenters. The Morgan fingerprint density at radius 3 is 2.63 bits per heavy atom. The number of methoxy groups -OCH3 is 1. The van der Waals surface area contributed by atoms with E-state index in [2.05, 4.69) is 42.5 Å². The summed E-state index contributed by atoms with van der Waals surface area (Å²) in [5.41, 5.74) is 7.78. The minimum Gasteiger partial charge on any atom is -0.490 e. The van der Waals surface area contributed by atoms with Crippen LogP contribution in [0, 0.1) is 11.6 Å². The van der Waals surface area contributed by atoms with Crippen molar-refractivity contribution >= 4 is 10.9 Å². The lowest BCUT2D eigenvalue weighted by atomic mass is 9.90. The van der Waals surface area contributed by atoms with Crippen molar-refractivity contribution in [3.63, 3.8) is 0 Å². The lowest BCUT2D eigenvalue weighted by Crippen LogP contribution is -2.34. The summed E-state index contributed by atoms with van der Waals surface area (Å²) >= 11 is 0. The van der Waals surface area contributed by atoms with Crippen LogP contribution in [0.15, 0.2) is 42.6 Å². The van der Waals surface area contributed by atoms with E-state index in [4.69, 9.17) is 19.6 Å². The van der Waals surface area contributed by atoms with Crippen molar-refractivity contribution in [3.05, 3.63) is 71.1 Å². The van der Waals surface area contributed by atoms with Gasteiger partial charge < -0.3 is 14.8 Å². The zero-order chi connectivity index (χ0) is 29.8. The summed E-state index contributed by atoms with van der Waals surface area (Å²) in [4.78, 5) is 5.30. The van der Waals surface area contributed by atoms with Crippen molar-refractivity contribution < 1.29 is 18.3 Å². The molecule has 1 aliphatic carbocycles. The van der Waals surface area contributed by atoms with E-state index >= 15 is 4.39 Å². The van der Waals surface area contributed by atoms with Gasteiger partial charge in [0.15, 0.2) is 0 Å². The molecule has 0 saturated carbocycles. The van der Waals surface area contributed by atoms with E-state index in [0.717, 1.165) is 70.9 Å². The SMILES string of the molecule is COCCOc1cc(F)cc(F)c1-c1c(-c2cc3n(n2)C(C)CNC3C)nc(-c2ccc3cn(C)nc3c2)c2c1CCC2. The van der Waals surface area contributed by atoms with Crippen LogP contribution in [0.3, 0.4) is 0 Å². The average Bonchev–Trinajstić information content (AvgIpc) is 3.72. The van der Waals surface area contributed by atoms with Crippen molar-refractivity contribution in [1.82, 2.24) is 29.9 Å². The van der Waals surface area contributed by atoms with Crippen molar-refractivity contribution in [1.29, 1.82) is 0 Å². The molecule has 222 valence electrons. The number of hydrogen-bond acceptors (Lipinski definition) is 6. The standard InChI is InChI=1S/C33H34F2N6O2/c1-18-16-36-19(2)28-15-27(39-41(18)28)33-30(31-25(35)13-22(34)14-29(31)43-11-10-42-4)23-6-5-7-24(23)32(37-33)20-8-9-21-17-40(3)38-26(21)12-20/h8-9,12-15,17-19,36H,5-7,10-11,16H2,1-4H3. The summed E-state index contributed by atoms with van der Waals surface area (Å²) in [5, 5.41) is 14.2. The molecule has 43 heavy (non-hydrogen) atoms. The summed E-state index contributed by atoms with van der Waals surface area (Å²) in [6, 6.07) is 10.6. The molecular weight excluding hydrogens is 550 g/mol. The highest BCUT2D eigenvalue weighted by Crippen LogP contribution is 2.47. The molecule has 0 fully saturated rings. The number of hydrogen-bond donors (Lipinski definition) is 1. The third kappa shape index (κ3) is 4.78. The molecule has 2 unspecified atom stereocenters. The number of ether oxygens (including phenoxy) is 2. The van der Waals surface area contributed by atoms with Gasteiger partial charge >= 0.3 is 0 Å². The Labute approximate surface area is 248 Å². The lowest BCUT2D eigenvalue weighted by molar-refractivity contribution is 0.146. The van der Waals surface area contributed by atoms with E-state index in [1.54, 1.807) is 11.8 Å². The number of fused-ring (bicyclic) bond motifs is 3.